The monoisotopic (exact) mass is 327 g/mol. The Morgan fingerprint density at radius 2 is 1.62 bits per heavy atom. The van der Waals surface area contributed by atoms with Gasteiger partial charge in [-0.25, -0.2) is 4.79 Å². The number of hydrogen-bond donors (Lipinski definition) is 1. The van der Waals surface area contributed by atoms with Crippen LogP contribution in [0.15, 0.2) is 54.6 Å². The Bertz CT molecular complexity index is 630. The molecule has 1 amide bonds. The Morgan fingerprint density at radius 1 is 0.958 bits per heavy atom. The second-order valence-corrected chi connectivity index (χ2v) is 6.60. The van der Waals surface area contributed by atoms with Crippen LogP contribution in [0.5, 0.6) is 5.75 Å². The number of hydrogen-bond acceptors (Lipinski definition) is 3. The molecule has 0 spiro atoms. The van der Waals surface area contributed by atoms with Crippen LogP contribution in [0.1, 0.15) is 31.9 Å². The smallest absolute Gasteiger partial charge is 0.407 e. The van der Waals surface area contributed by atoms with Gasteiger partial charge in [-0.05, 0) is 50.5 Å². The summed E-state index contributed by atoms with van der Waals surface area (Å²) in [5.41, 5.74) is 1.81. The predicted molar refractivity (Wildman–Crippen MR) is 95.2 cm³/mol. The first kappa shape index (κ1) is 17.9. The maximum Gasteiger partial charge on any atom is 0.407 e. The zero-order valence-electron chi connectivity index (χ0n) is 14.5. The van der Waals surface area contributed by atoms with Gasteiger partial charge in [0.15, 0.2) is 0 Å². The molecule has 128 valence electrons. The number of carbonyl (C=O) groups is 1. The number of benzene rings is 2. The molecule has 0 aliphatic heterocycles. The van der Waals surface area contributed by atoms with Gasteiger partial charge in [-0.2, -0.15) is 0 Å². The minimum Gasteiger partial charge on any atom is -0.489 e. The van der Waals surface area contributed by atoms with E-state index in [9.17, 15) is 4.79 Å². The lowest BCUT2D eigenvalue weighted by Gasteiger charge is -2.19. The van der Waals surface area contributed by atoms with Crippen molar-refractivity contribution >= 4 is 6.09 Å². The third-order valence-electron chi connectivity index (χ3n) is 3.25. The maximum absolute atomic E-state index is 11.6. The number of alkyl carbamates (subject to hydrolysis) is 1. The third-order valence-corrected chi connectivity index (χ3v) is 3.25. The van der Waals surface area contributed by atoms with Crippen LogP contribution in [-0.4, -0.2) is 18.2 Å². The summed E-state index contributed by atoms with van der Waals surface area (Å²) in [6.07, 6.45) is 0.364. The van der Waals surface area contributed by atoms with Crippen molar-refractivity contribution in [2.24, 2.45) is 0 Å². The van der Waals surface area contributed by atoms with Gasteiger partial charge in [-0.15, -0.1) is 0 Å². The molecule has 0 bridgehead atoms. The van der Waals surface area contributed by atoms with Crippen LogP contribution in [0, 0.1) is 0 Å². The highest BCUT2D eigenvalue weighted by Crippen LogP contribution is 2.14. The molecule has 0 unspecified atom stereocenters. The average molecular weight is 327 g/mol. The fourth-order valence-electron chi connectivity index (χ4n) is 2.12. The molecule has 0 aliphatic carbocycles. The third kappa shape index (κ3) is 6.73. The van der Waals surface area contributed by atoms with E-state index in [1.807, 2.05) is 75.4 Å². The molecule has 0 aromatic heterocycles. The summed E-state index contributed by atoms with van der Waals surface area (Å²) in [7, 11) is 0. The minimum absolute atomic E-state index is 0.384. The van der Waals surface area contributed by atoms with Gasteiger partial charge in [0.1, 0.15) is 18.0 Å². The number of carbonyl (C=O) groups excluding carboxylic acids is 1. The number of rotatable bonds is 6. The predicted octanol–water partition coefficient (Wildman–Crippen LogP) is 4.33. The normalized spacial score (nSPS) is 11.0. The molecule has 2 aromatic rings. The van der Waals surface area contributed by atoms with Crippen LogP contribution in [-0.2, 0) is 17.8 Å². The summed E-state index contributed by atoms with van der Waals surface area (Å²) in [6.45, 7) is 6.64. The minimum atomic E-state index is -0.470. The zero-order chi connectivity index (χ0) is 17.4. The summed E-state index contributed by atoms with van der Waals surface area (Å²) in [5.74, 6) is 0.836. The maximum atomic E-state index is 11.6. The summed E-state index contributed by atoms with van der Waals surface area (Å²) in [6, 6.07) is 18.0. The van der Waals surface area contributed by atoms with E-state index in [0.717, 1.165) is 23.3 Å². The largest absolute Gasteiger partial charge is 0.489 e. The van der Waals surface area contributed by atoms with Crippen molar-refractivity contribution in [3.63, 3.8) is 0 Å². The molecule has 4 nitrogen and oxygen atoms in total. The first-order valence-corrected chi connectivity index (χ1v) is 8.15. The van der Waals surface area contributed by atoms with E-state index in [1.54, 1.807) is 0 Å². The van der Waals surface area contributed by atoms with Crippen LogP contribution in [0.2, 0.25) is 0 Å². The highest BCUT2D eigenvalue weighted by atomic mass is 16.6. The van der Waals surface area contributed by atoms with E-state index in [1.165, 1.54) is 0 Å². The van der Waals surface area contributed by atoms with Crippen LogP contribution < -0.4 is 10.1 Å². The van der Waals surface area contributed by atoms with E-state index in [2.05, 4.69) is 5.32 Å². The molecule has 24 heavy (non-hydrogen) atoms. The molecule has 0 heterocycles. The van der Waals surface area contributed by atoms with Crippen molar-refractivity contribution in [1.82, 2.24) is 5.32 Å². The van der Waals surface area contributed by atoms with Crippen molar-refractivity contribution in [1.29, 1.82) is 0 Å². The molecule has 0 saturated carbocycles. The first-order valence-electron chi connectivity index (χ1n) is 8.15. The molecule has 0 atom stereocenters. The van der Waals surface area contributed by atoms with Crippen molar-refractivity contribution in [2.45, 2.75) is 39.4 Å². The molecule has 2 aromatic carbocycles. The molecular weight excluding hydrogens is 302 g/mol. The topological polar surface area (TPSA) is 47.6 Å². The molecule has 0 radical (unpaired) electrons. The van der Waals surface area contributed by atoms with Gasteiger partial charge in [-0.3, -0.25) is 0 Å². The van der Waals surface area contributed by atoms with Gasteiger partial charge < -0.3 is 14.8 Å². The van der Waals surface area contributed by atoms with Crippen molar-refractivity contribution < 1.29 is 14.3 Å². The number of amides is 1. The highest BCUT2D eigenvalue weighted by molar-refractivity contribution is 5.67. The quantitative estimate of drug-likeness (QED) is 0.859. The Balaban J connectivity index is 1.73. The van der Waals surface area contributed by atoms with Crippen LogP contribution in [0.3, 0.4) is 0 Å². The van der Waals surface area contributed by atoms with Crippen LogP contribution in [0.25, 0.3) is 0 Å². The van der Waals surface area contributed by atoms with Gasteiger partial charge in [-0.1, -0.05) is 42.5 Å². The zero-order valence-corrected chi connectivity index (χ0v) is 14.5. The molecule has 0 aliphatic rings. The van der Waals surface area contributed by atoms with Gasteiger partial charge in [0.25, 0.3) is 0 Å². The molecule has 2 rings (SSSR count). The van der Waals surface area contributed by atoms with E-state index in [-0.39, 0.29) is 6.09 Å². The van der Waals surface area contributed by atoms with Crippen LogP contribution >= 0.6 is 0 Å². The Morgan fingerprint density at radius 3 is 2.25 bits per heavy atom. The number of ether oxygens (including phenoxy) is 2. The lowest BCUT2D eigenvalue weighted by atomic mass is 10.1. The molecular formula is C20H25NO3. The molecule has 4 heteroatoms. The van der Waals surface area contributed by atoms with Crippen molar-refractivity contribution in [3.8, 4) is 5.75 Å². The Labute approximate surface area is 143 Å². The van der Waals surface area contributed by atoms with Gasteiger partial charge in [0, 0.05) is 6.54 Å². The standard InChI is InChI=1S/C20H25NO3/c1-20(2,3)24-19(22)21-14-13-16-9-11-18(12-10-16)23-15-17-7-5-4-6-8-17/h4-12H,13-15H2,1-3H3,(H,21,22). The Kier molecular flexibility index (Phi) is 6.24. The SMILES string of the molecule is CC(C)(C)OC(=O)NCCc1ccc(OCc2ccccc2)cc1. The van der Waals surface area contributed by atoms with Crippen molar-refractivity contribution in [2.75, 3.05) is 6.54 Å². The van der Waals surface area contributed by atoms with Gasteiger partial charge in [0.05, 0.1) is 0 Å². The molecule has 1 N–H and O–H groups in total. The highest BCUT2D eigenvalue weighted by Gasteiger charge is 2.15. The fourth-order valence-corrected chi connectivity index (χ4v) is 2.12. The van der Waals surface area contributed by atoms with Crippen LogP contribution in [0.4, 0.5) is 4.79 Å². The van der Waals surface area contributed by atoms with Crippen molar-refractivity contribution in [3.05, 3.63) is 65.7 Å². The number of nitrogens with one attached hydrogen (secondary N) is 1. The Hall–Kier alpha value is -2.49. The second kappa shape index (κ2) is 8.39. The summed E-state index contributed by atoms with van der Waals surface area (Å²) >= 11 is 0. The van der Waals surface area contributed by atoms with E-state index in [4.69, 9.17) is 9.47 Å². The summed E-state index contributed by atoms with van der Waals surface area (Å²) < 4.78 is 11.0. The van der Waals surface area contributed by atoms with E-state index < -0.39 is 5.60 Å². The summed E-state index contributed by atoms with van der Waals surface area (Å²) in [4.78, 5) is 11.6. The lowest BCUT2D eigenvalue weighted by Crippen LogP contribution is -2.33. The fraction of sp³-hybridized carbons (Fsp3) is 0.350. The second-order valence-electron chi connectivity index (χ2n) is 6.60. The summed E-state index contributed by atoms with van der Waals surface area (Å²) in [5, 5.41) is 2.76. The van der Waals surface area contributed by atoms with Gasteiger partial charge in [0.2, 0.25) is 0 Å². The lowest BCUT2D eigenvalue weighted by molar-refractivity contribution is 0.0528. The van der Waals surface area contributed by atoms with E-state index >= 15 is 0 Å². The molecule has 0 fully saturated rings. The van der Waals surface area contributed by atoms with E-state index in [0.29, 0.717) is 13.2 Å². The molecule has 0 saturated heterocycles. The average Bonchev–Trinajstić information content (AvgIpc) is 2.53. The first-order chi connectivity index (χ1) is 11.4. The van der Waals surface area contributed by atoms with Gasteiger partial charge >= 0.3 is 6.09 Å².